The molecule has 160 valence electrons. The normalized spacial score (nSPS) is 13.7. The van der Waals surface area contributed by atoms with Gasteiger partial charge >= 0.3 is 0 Å². The Morgan fingerprint density at radius 2 is 1.84 bits per heavy atom. The number of allylic oxidation sites excluding steroid dienone is 2. The van der Waals surface area contributed by atoms with E-state index in [1.54, 1.807) is 0 Å². The van der Waals surface area contributed by atoms with Crippen molar-refractivity contribution in [3.05, 3.63) is 83.7 Å². The molecule has 5 rings (SSSR count). The largest absolute Gasteiger partial charge is 0.383 e. The lowest BCUT2D eigenvalue weighted by molar-refractivity contribution is 0.0950. The predicted molar refractivity (Wildman–Crippen MR) is 125 cm³/mol. The van der Waals surface area contributed by atoms with E-state index in [-0.39, 0.29) is 11.9 Å². The molecule has 0 spiro atoms. The van der Waals surface area contributed by atoms with Crippen molar-refractivity contribution < 1.29 is 4.79 Å². The Balaban J connectivity index is 1.39. The highest BCUT2D eigenvalue weighted by atomic mass is 16.1. The average molecular weight is 425 g/mol. The molecular weight excluding hydrogens is 400 g/mol. The SMILES string of the molecule is Cc1ccccc1C(=O)NCc1ccc(-c2nn(C3CC=CC3)c3ncnc(N)c23)cc1. The Hall–Kier alpha value is -4.00. The summed E-state index contributed by atoms with van der Waals surface area (Å²) in [5.74, 6) is 0.351. The number of carbonyl (C=O) groups excluding carboxylic acids is 1. The molecule has 0 radical (unpaired) electrons. The summed E-state index contributed by atoms with van der Waals surface area (Å²) < 4.78 is 1.97. The number of aromatic nitrogens is 4. The van der Waals surface area contributed by atoms with Crippen LogP contribution in [0.25, 0.3) is 22.3 Å². The number of nitrogens with one attached hydrogen (secondary N) is 1. The third-order valence-corrected chi connectivity index (χ3v) is 5.92. The maximum absolute atomic E-state index is 12.5. The van der Waals surface area contributed by atoms with Crippen LogP contribution >= 0.6 is 0 Å². The molecule has 4 aromatic rings. The first kappa shape index (κ1) is 19.9. The number of anilines is 1. The van der Waals surface area contributed by atoms with Crippen LogP contribution in [0.4, 0.5) is 5.82 Å². The van der Waals surface area contributed by atoms with Gasteiger partial charge in [0.15, 0.2) is 5.65 Å². The quantitative estimate of drug-likeness (QED) is 0.468. The number of fused-ring (bicyclic) bond motifs is 1. The molecule has 2 aromatic heterocycles. The Bertz CT molecular complexity index is 1310. The Morgan fingerprint density at radius 3 is 2.59 bits per heavy atom. The van der Waals surface area contributed by atoms with Crippen molar-refractivity contribution in [3.8, 4) is 11.3 Å². The number of amides is 1. The number of carbonyl (C=O) groups is 1. The summed E-state index contributed by atoms with van der Waals surface area (Å²) in [4.78, 5) is 21.1. The lowest BCUT2D eigenvalue weighted by Crippen LogP contribution is -2.23. The fourth-order valence-electron chi connectivity index (χ4n) is 4.14. The van der Waals surface area contributed by atoms with Gasteiger partial charge in [0.2, 0.25) is 0 Å². The van der Waals surface area contributed by atoms with Crippen LogP contribution < -0.4 is 11.1 Å². The summed E-state index contributed by atoms with van der Waals surface area (Å²) in [6.07, 6.45) is 7.69. The van der Waals surface area contributed by atoms with Crippen LogP contribution in [0.5, 0.6) is 0 Å². The molecule has 0 saturated carbocycles. The van der Waals surface area contributed by atoms with Crippen molar-refractivity contribution in [3.63, 3.8) is 0 Å². The number of aryl methyl sites for hydroxylation is 1. The summed E-state index contributed by atoms with van der Waals surface area (Å²) in [6, 6.07) is 15.8. The van der Waals surface area contributed by atoms with Crippen LogP contribution in [0.2, 0.25) is 0 Å². The highest BCUT2D eigenvalue weighted by Gasteiger charge is 2.22. The monoisotopic (exact) mass is 424 g/mol. The molecule has 1 aliphatic carbocycles. The predicted octanol–water partition coefficient (Wildman–Crippen LogP) is 4.21. The highest BCUT2D eigenvalue weighted by molar-refractivity contribution is 5.98. The number of nitrogens with two attached hydrogens (primary N) is 1. The van der Waals surface area contributed by atoms with Gasteiger partial charge in [0.1, 0.15) is 17.8 Å². The second-order valence-electron chi connectivity index (χ2n) is 8.04. The third-order valence-electron chi connectivity index (χ3n) is 5.92. The van der Waals surface area contributed by atoms with Crippen molar-refractivity contribution in [2.24, 2.45) is 0 Å². The van der Waals surface area contributed by atoms with Gasteiger partial charge in [0.25, 0.3) is 5.91 Å². The fraction of sp³-hybridized carbons (Fsp3) is 0.200. The minimum absolute atomic E-state index is 0.0768. The first-order valence-electron chi connectivity index (χ1n) is 10.7. The van der Waals surface area contributed by atoms with E-state index in [1.807, 2.05) is 60.1 Å². The summed E-state index contributed by atoms with van der Waals surface area (Å²) in [6.45, 7) is 2.38. The molecule has 7 nitrogen and oxygen atoms in total. The van der Waals surface area contributed by atoms with E-state index in [4.69, 9.17) is 10.8 Å². The number of hydrogen-bond donors (Lipinski definition) is 2. The van der Waals surface area contributed by atoms with E-state index < -0.39 is 0 Å². The zero-order valence-corrected chi connectivity index (χ0v) is 17.8. The second-order valence-corrected chi connectivity index (χ2v) is 8.04. The molecule has 0 atom stereocenters. The first-order valence-corrected chi connectivity index (χ1v) is 10.7. The van der Waals surface area contributed by atoms with E-state index in [1.165, 1.54) is 6.33 Å². The lowest BCUT2D eigenvalue weighted by Gasteiger charge is -2.10. The van der Waals surface area contributed by atoms with Crippen LogP contribution in [-0.2, 0) is 6.54 Å². The van der Waals surface area contributed by atoms with Gasteiger partial charge in [0, 0.05) is 17.7 Å². The molecule has 1 amide bonds. The summed E-state index contributed by atoms with van der Waals surface area (Å²) >= 11 is 0. The van der Waals surface area contributed by atoms with Crippen molar-refractivity contribution in [2.75, 3.05) is 5.73 Å². The van der Waals surface area contributed by atoms with E-state index in [9.17, 15) is 4.79 Å². The molecule has 0 bridgehead atoms. The van der Waals surface area contributed by atoms with Crippen molar-refractivity contribution in [2.45, 2.75) is 32.4 Å². The lowest BCUT2D eigenvalue weighted by atomic mass is 10.1. The van der Waals surface area contributed by atoms with Crippen LogP contribution in [0.15, 0.2) is 67.0 Å². The molecule has 2 heterocycles. The first-order chi connectivity index (χ1) is 15.6. The number of nitrogen functional groups attached to an aromatic ring is 1. The Kier molecular flexibility index (Phi) is 5.15. The van der Waals surface area contributed by atoms with E-state index in [0.29, 0.717) is 17.9 Å². The van der Waals surface area contributed by atoms with Gasteiger partial charge in [-0.15, -0.1) is 0 Å². The second kappa shape index (κ2) is 8.26. The van der Waals surface area contributed by atoms with E-state index >= 15 is 0 Å². The van der Waals surface area contributed by atoms with Crippen LogP contribution in [0, 0.1) is 6.92 Å². The van der Waals surface area contributed by atoms with Gasteiger partial charge in [-0.3, -0.25) is 4.79 Å². The summed E-state index contributed by atoms with van der Waals surface area (Å²) in [5, 5.41) is 8.65. The number of hydrogen-bond acceptors (Lipinski definition) is 5. The fourth-order valence-corrected chi connectivity index (χ4v) is 4.14. The van der Waals surface area contributed by atoms with Crippen LogP contribution in [0.1, 0.15) is 40.4 Å². The van der Waals surface area contributed by atoms with Crippen molar-refractivity contribution in [1.29, 1.82) is 0 Å². The maximum Gasteiger partial charge on any atom is 0.251 e. The molecule has 0 unspecified atom stereocenters. The van der Waals surface area contributed by atoms with Gasteiger partial charge in [-0.2, -0.15) is 5.10 Å². The molecular formula is C25H24N6O. The minimum atomic E-state index is -0.0768. The molecule has 1 aliphatic rings. The molecule has 0 aliphatic heterocycles. The van der Waals surface area contributed by atoms with Gasteiger partial charge in [0.05, 0.1) is 11.4 Å². The molecule has 0 fully saturated rings. The number of nitrogens with zero attached hydrogens (tertiary/aromatic N) is 4. The third kappa shape index (κ3) is 3.62. The van der Waals surface area contributed by atoms with Crippen LogP contribution in [-0.4, -0.2) is 25.7 Å². The van der Waals surface area contributed by atoms with Crippen molar-refractivity contribution >= 4 is 22.8 Å². The van der Waals surface area contributed by atoms with Gasteiger partial charge in [-0.25, -0.2) is 14.6 Å². The minimum Gasteiger partial charge on any atom is -0.383 e. The molecule has 7 heteroatoms. The van der Waals surface area contributed by atoms with Gasteiger partial charge in [-0.05, 0) is 37.0 Å². The molecule has 2 aromatic carbocycles. The van der Waals surface area contributed by atoms with E-state index in [0.717, 1.165) is 46.3 Å². The van der Waals surface area contributed by atoms with Crippen LogP contribution in [0.3, 0.4) is 0 Å². The topological polar surface area (TPSA) is 98.7 Å². The number of benzene rings is 2. The van der Waals surface area contributed by atoms with Crippen molar-refractivity contribution in [1.82, 2.24) is 25.1 Å². The highest BCUT2D eigenvalue weighted by Crippen LogP contribution is 2.34. The standard InChI is InChI=1S/C25H24N6O/c1-16-6-2-5-9-20(16)25(32)27-14-17-10-12-18(13-11-17)22-21-23(26)28-15-29-24(21)31(30-22)19-7-3-4-8-19/h2-6,9-13,15,19H,7-8,14H2,1H3,(H,27,32)(H2,26,28,29). The molecule has 3 N–H and O–H groups in total. The maximum atomic E-state index is 12.5. The smallest absolute Gasteiger partial charge is 0.251 e. The molecule has 0 saturated heterocycles. The van der Waals surface area contributed by atoms with E-state index in [2.05, 4.69) is 27.4 Å². The summed E-state index contributed by atoms with van der Waals surface area (Å²) in [5.41, 5.74) is 11.3. The van der Waals surface area contributed by atoms with Gasteiger partial charge < -0.3 is 11.1 Å². The Morgan fingerprint density at radius 1 is 1.09 bits per heavy atom. The Labute approximate surface area is 186 Å². The number of rotatable bonds is 5. The zero-order valence-electron chi connectivity index (χ0n) is 17.8. The molecule has 32 heavy (non-hydrogen) atoms. The summed E-state index contributed by atoms with van der Waals surface area (Å²) in [7, 11) is 0. The average Bonchev–Trinajstić information content (AvgIpc) is 3.47. The zero-order chi connectivity index (χ0) is 22.1. The van der Waals surface area contributed by atoms with Gasteiger partial charge in [-0.1, -0.05) is 54.6 Å².